The summed E-state index contributed by atoms with van der Waals surface area (Å²) < 4.78 is 0. The summed E-state index contributed by atoms with van der Waals surface area (Å²) in [6.07, 6.45) is 11.1. The largest absolute Gasteiger partial charge is 0.285 e. The van der Waals surface area contributed by atoms with E-state index >= 15 is 0 Å². The molecule has 0 heterocycles. The molecule has 0 spiro atoms. The van der Waals surface area contributed by atoms with Gasteiger partial charge in [-0.05, 0) is 38.0 Å². The summed E-state index contributed by atoms with van der Waals surface area (Å²) in [6.45, 7) is 2.14. The average Bonchev–Trinajstić information content (AvgIpc) is 2.09. The first-order valence-electron chi connectivity index (χ1n) is 4.37. The molecular formula is C11H14O. The van der Waals surface area contributed by atoms with Crippen molar-refractivity contribution in [3.63, 3.8) is 0 Å². The van der Waals surface area contributed by atoms with Gasteiger partial charge < -0.3 is 0 Å². The van der Waals surface area contributed by atoms with E-state index in [9.17, 15) is 4.79 Å². The summed E-state index contributed by atoms with van der Waals surface area (Å²) in [5, 5.41) is 0. The maximum absolute atomic E-state index is 10.9. The number of hydrogen-bond acceptors (Lipinski definition) is 1. The fourth-order valence-corrected chi connectivity index (χ4v) is 1.53. The van der Waals surface area contributed by atoms with Crippen LogP contribution in [0, 0.1) is 18.3 Å². The van der Waals surface area contributed by atoms with E-state index in [0.29, 0.717) is 12.3 Å². The van der Waals surface area contributed by atoms with Gasteiger partial charge in [0, 0.05) is 6.42 Å². The van der Waals surface area contributed by atoms with Crippen LogP contribution in [-0.2, 0) is 4.79 Å². The number of terminal acetylenes is 1. The Kier molecular flexibility index (Phi) is 3.10. The molecule has 0 amide bonds. The number of rotatable bonds is 2. The molecule has 1 atom stereocenters. The zero-order valence-electron chi connectivity index (χ0n) is 7.47. The molecule has 1 unspecified atom stereocenters. The minimum Gasteiger partial charge on any atom is -0.285 e. The Morgan fingerprint density at radius 3 is 3.08 bits per heavy atom. The topological polar surface area (TPSA) is 17.1 Å². The van der Waals surface area contributed by atoms with E-state index in [4.69, 9.17) is 6.42 Å². The van der Waals surface area contributed by atoms with Gasteiger partial charge >= 0.3 is 0 Å². The van der Waals surface area contributed by atoms with Gasteiger partial charge in [0.15, 0.2) is 0 Å². The monoisotopic (exact) mass is 162 g/mol. The molecule has 0 N–H and O–H groups in total. The van der Waals surface area contributed by atoms with Crippen molar-refractivity contribution in [1.29, 1.82) is 0 Å². The lowest BCUT2D eigenvalue weighted by molar-refractivity contribution is -0.114. The molecule has 0 radical (unpaired) electrons. The second-order valence-corrected chi connectivity index (χ2v) is 3.46. The number of carbonyl (C=O) groups is 1. The van der Waals surface area contributed by atoms with Crippen LogP contribution in [0.1, 0.15) is 32.6 Å². The van der Waals surface area contributed by atoms with Crippen LogP contribution in [0.2, 0.25) is 0 Å². The van der Waals surface area contributed by atoms with Crippen molar-refractivity contribution in [2.75, 3.05) is 0 Å². The number of ketones is 1. The lowest BCUT2D eigenvalue weighted by Gasteiger charge is -2.18. The van der Waals surface area contributed by atoms with Crippen LogP contribution in [0.5, 0.6) is 0 Å². The molecule has 1 nitrogen and oxygen atoms in total. The highest BCUT2D eigenvalue weighted by Crippen LogP contribution is 2.25. The Balaban J connectivity index is 2.38. The minimum atomic E-state index is -0.0482. The molecule has 0 aromatic rings. The van der Waals surface area contributed by atoms with Crippen LogP contribution in [-0.4, -0.2) is 5.78 Å². The molecule has 0 bridgehead atoms. The van der Waals surface area contributed by atoms with Crippen molar-refractivity contribution >= 4 is 5.78 Å². The highest BCUT2D eigenvalue weighted by molar-refractivity contribution is 5.94. The molecule has 0 saturated heterocycles. The molecular weight excluding hydrogens is 148 g/mol. The fraction of sp³-hybridized carbons (Fsp3) is 0.545. The van der Waals surface area contributed by atoms with Crippen molar-refractivity contribution in [3.05, 3.63) is 11.6 Å². The maximum atomic E-state index is 10.9. The van der Waals surface area contributed by atoms with Crippen LogP contribution in [0.15, 0.2) is 11.6 Å². The Bertz CT molecular complexity index is 242. The van der Waals surface area contributed by atoms with Crippen LogP contribution in [0.25, 0.3) is 0 Å². The highest BCUT2D eigenvalue weighted by Gasteiger charge is 2.14. The number of allylic oxidation sites excluding steroid dienone is 2. The Labute approximate surface area is 73.9 Å². The van der Waals surface area contributed by atoms with Crippen LogP contribution >= 0.6 is 0 Å². The number of Topliss-reactive ketones (excluding diaryl/α,β-unsaturated/α-hetero) is 1. The van der Waals surface area contributed by atoms with Crippen molar-refractivity contribution in [3.8, 4) is 12.3 Å². The van der Waals surface area contributed by atoms with Gasteiger partial charge in [0.1, 0.15) is 0 Å². The molecule has 1 aliphatic rings. The van der Waals surface area contributed by atoms with Crippen molar-refractivity contribution in [1.82, 2.24) is 0 Å². The summed E-state index contributed by atoms with van der Waals surface area (Å²) in [6, 6.07) is 0. The quantitative estimate of drug-likeness (QED) is 0.346. The van der Waals surface area contributed by atoms with E-state index in [1.807, 2.05) is 0 Å². The average molecular weight is 162 g/mol. The Morgan fingerprint density at radius 1 is 1.83 bits per heavy atom. The predicted octanol–water partition coefficient (Wildman–Crippen LogP) is 2.33. The van der Waals surface area contributed by atoms with Gasteiger partial charge in [0.05, 0.1) is 0 Å². The second kappa shape index (κ2) is 4.11. The molecule has 12 heavy (non-hydrogen) atoms. The lowest BCUT2D eigenvalue weighted by Crippen LogP contribution is -2.09. The zero-order valence-corrected chi connectivity index (χ0v) is 7.47. The SMILES string of the molecule is C#CC(=O)CC1CC=C(C)CC1. The van der Waals surface area contributed by atoms with Crippen molar-refractivity contribution in [2.24, 2.45) is 5.92 Å². The molecule has 64 valence electrons. The Morgan fingerprint density at radius 2 is 2.58 bits per heavy atom. The summed E-state index contributed by atoms with van der Waals surface area (Å²) in [5.74, 6) is 2.61. The first kappa shape index (κ1) is 9.06. The molecule has 1 heteroatoms. The molecule has 0 saturated carbocycles. The van der Waals surface area contributed by atoms with Gasteiger partial charge in [0.25, 0.3) is 0 Å². The van der Waals surface area contributed by atoms with Gasteiger partial charge in [-0.1, -0.05) is 11.6 Å². The zero-order chi connectivity index (χ0) is 8.97. The predicted molar refractivity (Wildman–Crippen MR) is 49.6 cm³/mol. The number of hydrogen-bond donors (Lipinski definition) is 0. The summed E-state index contributed by atoms with van der Waals surface area (Å²) >= 11 is 0. The van der Waals surface area contributed by atoms with Crippen molar-refractivity contribution < 1.29 is 4.79 Å². The van der Waals surface area contributed by atoms with Gasteiger partial charge in [-0.15, -0.1) is 6.42 Å². The first-order valence-corrected chi connectivity index (χ1v) is 4.37. The molecule has 1 rings (SSSR count). The van der Waals surface area contributed by atoms with Crippen molar-refractivity contribution in [2.45, 2.75) is 32.6 Å². The summed E-state index contributed by atoms with van der Waals surface area (Å²) in [7, 11) is 0. The first-order chi connectivity index (χ1) is 5.72. The van der Waals surface area contributed by atoms with Gasteiger partial charge in [-0.2, -0.15) is 0 Å². The summed E-state index contributed by atoms with van der Waals surface area (Å²) in [4.78, 5) is 10.9. The molecule has 0 aliphatic heterocycles. The third kappa shape index (κ3) is 2.54. The smallest absolute Gasteiger partial charge is 0.205 e. The fourth-order valence-electron chi connectivity index (χ4n) is 1.53. The third-order valence-electron chi connectivity index (χ3n) is 2.38. The third-order valence-corrected chi connectivity index (χ3v) is 2.38. The van der Waals surface area contributed by atoms with E-state index < -0.39 is 0 Å². The maximum Gasteiger partial charge on any atom is 0.205 e. The van der Waals surface area contributed by atoms with E-state index in [1.165, 1.54) is 5.57 Å². The van der Waals surface area contributed by atoms with E-state index in [-0.39, 0.29) is 5.78 Å². The van der Waals surface area contributed by atoms with E-state index in [0.717, 1.165) is 19.3 Å². The minimum absolute atomic E-state index is 0.0482. The number of carbonyl (C=O) groups excluding carboxylic acids is 1. The Hall–Kier alpha value is -1.03. The highest BCUT2D eigenvalue weighted by atomic mass is 16.1. The molecule has 0 fully saturated rings. The second-order valence-electron chi connectivity index (χ2n) is 3.46. The molecule has 1 aliphatic carbocycles. The van der Waals surface area contributed by atoms with Crippen LogP contribution < -0.4 is 0 Å². The lowest BCUT2D eigenvalue weighted by atomic mass is 9.87. The molecule has 0 aromatic heterocycles. The van der Waals surface area contributed by atoms with Gasteiger partial charge in [-0.3, -0.25) is 4.79 Å². The van der Waals surface area contributed by atoms with E-state index in [2.05, 4.69) is 18.9 Å². The van der Waals surface area contributed by atoms with E-state index in [1.54, 1.807) is 0 Å². The van der Waals surface area contributed by atoms with Crippen LogP contribution in [0.3, 0.4) is 0 Å². The van der Waals surface area contributed by atoms with Gasteiger partial charge in [0.2, 0.25) is 5.78 Å². The standard InChI is InChI=1S/C11H14O/c1-3-11(12)8-10-6-4-9(2)5-7-10/h1,4,10H,5-8H2,2H3. The van der Waals surface area contributed by atoms with Crippen LogP contribution in [0.4, 0.5) is 0 Å². The molecule has 0 aromatic carbocycles. The normalized spacial score (nSPS) is 22.7. The summed E-state index contributed by atoms with van der Waals surface area (Å²) in [5.41, 5.74) is 1.44. The van der Waals surface area contributed by atoms with Gasteiger partial charge in [-0.25, -0.2) is 0 Å².